The maximum absolute atomic E-state index is 13.7. The number of ether oxygens (including phenoxy) is 4. The number of nitrogens with zero attached hydrogens (tertiary/aromatic N) is 2. The highest BCUT2D eigenvalue weighted by atomic mass is 32.2. The maximum atomic E-state index is 13.7. The molecule has 0 bridgehead atoms. The number of hydroxylamine groups is 4. The second-order valence-electron chi connectivity index (χ2n) is 23.4. The summed E-state index contributed by atoms with van der Waals surface area (Å²) in [5.41, 5.74) is -2.09. The van der Waals surface area contributed by atoms with Gasteiger partial charge >= 0.3 is 23.9 Å². The van der Waals surface area contributed by atoms with Crippen LogP contribution in [0.3, 0.4) is 0 Å². The van der Waals surface area contributed by atoms with Crippen molar-refractivity contribution < 1.29 is 86.2 Å². The number of carbonyl (C=O) groups is 12. The first-order valence-corrected chi connectivity index (χ1v) is 32.3. The zero-order valence-electron chi connectivity index (χ0n) is 51.8. The molecule has 6 atom stereocenters. The summed E-state index contributed by atoms with van der Waals surface area (Å²) in [4.78, 5) is 160. The van der Waals surface area contributed by atoms with Crippen LogP contribution in [0.25, 0.3) is 0 Å². The van der Waals surface area contributed by atoms with E-state index in [0.717, 1.165) is 42.1 Å². The zero-order valence-corrected chi connectivity index (χ0v) is 55.1. The van der Waals surface area contributed by atoms with Crippen molar-refractivity contribution >= 4 is 123 Å². The average Bonchev–Trinajstić information content (AvgIpc) is 3.97. The van der Waals surface area contributed by atoms with Gasteiger partial charge in [-0.2, -0.15) is 0 Å². The average molecular weight is 1260 g/mol. The third kappa shape index (κ3) is 28.1. The van der Waals surface area contributed by atoms with Gasteiger partial charge in [-0.05, 0) is 126 Å². The summed E-state index contributed by atoms with van der Waals surface area (Å²) in [6.45, 7) is 19.7. The second kappa shape index (κ2) is 38.4. The van der Waals surface area contributed by atoms with Crippen LogP contribution >= 0.6 is 47.5 Å². The molecule has 0 saturated carbocycles. The van der Waals surface area contributed by atoms with Crippen molar-refractivity contribution in [2.24, 2.45) is 23.7 Å². The topological polar surface area (TPSA) is 291 Å². The molecule has 2 N–H and O–H groups in total. The monoisotopic (exact) mass is 1260 g/mol. The molecule has 2 saturated heterocycles. The first kappa shape index (κ1) is 77.2. The van der Waals surface area contributed by atoms with Crippen molar-refractivity contribution in [3.05, 3.63) is 0 Å². The zero-order chi connectivity index (χ0) is 64.0. The Kier molecular flexibility index (Phi) is 35.3. The Bertz CT molecular complexity index is 2220. The molecule has 6 amide bonds. The molecule has 26 heteroatoms. The Morgan fingerprint density at radius 1 is 0.560 bits per heavy atom. The number of rotatable bonds is 39. The summed E-state index contributed by atoms with van der Waals surface area (Å²) in [7, 11) is 2.47. The second-order valence-corrected chi connectivity index (χ2v) is 28.5. The third-order valence-corrected chi connectivity index (χ3v) is 18.1. The van der Waals surface area contributed by atoms with Crippen LogP contribution in [0, 0.1) is 23.7 Å². The smallest absolute Gasteiger partial charge is 0.336 e. The van der Waals surface area contributed by atoms with Crippen LogP contribution in [0.5, 0.6) is 0 Å². The van der Waals surface area contributed by atoms with Gasteiger partial charge in [-0.25, -0.2) is 9.59 Å². The normalized spacial score (nSPS) is 16.5. The maximum Gasteiger partial charge on any atom is 0.336 e. The Hall–Kier alpha value is -4.82. The third-order valence-electron chi connectivity index (χ3n) is 14.0. The quantitative estimate of drug-likeness (QED) is 0.0145. The number of amides is 6. The van der Waals surface area contributed by atoms with Crippen LogP contribution in [0.1, 0.15) is 205 Å². The lowest BCUT2D eigenvalue weighted by molar-refractivity contribution is -0.201. The molecule has 84 heavy (non-hydrogen) atoms. The van der Waals surface area contributed by atoms with Gasteiger partial charge in [0.15, 0.2) is 0 Å². The minimum absolute atomic E-state index is 0.0465. The molecule has 0 spiro atoms. The number of methoxy groups -OCH3 is 2. The Morgan fingerprint density at radius 2 is 0.905 bits per heavy atom. The molecule has 2 aliphatic rings. The van der Waals surface area contributed by atoms with Crippen molar-refractivity contribution in [2.45, 2.75) is 237 Å². The molecule has 0 aromatic heterocycles. The standard InChI is InChI=1S/C35H58N2O9S3.C23H36N2O9S/c1-8-9-10-11-12-13-14-15-16-17-20-48-33(47)49-35(6,32(43)44-7)23-27(31(42)46-37-28(39)18-19-29(37)40)21-26(30(41)36-25(2)3)22-34(4,5)45-24-38;1-14(2)24-19(29)15(11-22(3,4)33-13-26)10-16(12-23(5,35-7)21(31)32-6)20(30)34-25-17(27)8-9-18(25)28/h24-27H,8-23H2,1-7H3,(H,36,41);13-16H,8-12H2,1-7H3,(H,24,29). The fraction of sp³-hybridized carbons (Fsp3) is 0.776. The summed E-state index contributed by atoms with van der Waals surface area (Å²) >= 11 is 9.41. The summed E-state index contributed by atoms with van der Waals surface area (Å²) < 4.78 is 18.4. The van der Waals surface area contributed by atoms with E-state index < -0.39 is 97.8 Å². The summed E-state index contributed by atoms with van der Waals surface area (Å²) in [6, 6.07) is -0.423. The molecule has 22 nitrogen and oxygen atoms in total. The van der Waals surface area contributed by atoms with Gasteiger partial charge in [0.1, 0.15) is 24.2 Å². The van der Waals surface area contributed by atoms with Crippen LogP contribution < -0.4 is 10.6 Å². The lowest BCUT2D eigenvalue weighted by Crippen LogP contribution is -2.44. The summed E-state index contributed by atoms with van der Waals surface area (Å²) in [6.07, 6.45) is 13.2. The van der Waals surface area contributed by atoms with E-state index in [9.17, 15) is 57.5 Å². The molecule has 0 radical (unpaired) electrons. The first-order valence-electron chi connectivity index (χ1n) is 28.8. The van der Waals surface area contributed by atoms with Gasteiger partial charge in [0.2, 0.25) is 11.8 Å². The van der Waals surface area contributed by atoms with Gasteiger partial charge in [-0.1, -0.05) is 88.7 Å². The van der Waals surface area contributed by atoms with Gasteiger partial charge in [-0.15, -0.1) is 33.7 Å². The van der Waals surface area contributed by atoms with Gasteiger partial charge in [-0.3, -0.25) is 47.9 Å². The van der Waals surface area contributed by atoms with E-state index in [1.807, 2.05) is 0 Å². The van der Waals surface area contributed by atoms with E-state index in [4.69, 9.17) is 40.8 Å². The molecular formula is C58H94N4O18S4. The molecule has 6 unspecified atom stereocenters. The highest BCUT2D eigenvalue weighted by molar-refractivity contribution is 8.47. The van der Waals surface area contributed by atoms with E-state index in [0.29, 0.717) is 20.1 Å². The fourth-order valence-corrected chi connectivity index (χ4v) is 13.3. The lowest BCUT2D eigenvalue weighted by Gasteiger charge is -2.33. The number of hydrogen-bond donors (Lipinski definition) is 2. The van der Waals surface area contributed by atoms with E-state index in [-0.39, 0.29) is 88.7 Å². The van der Waals surface area contributed by atoms with Gasteiger partial charge < -0.3 is 39.3 Å². The minimum atomic E-state index is -1.37. The van der Waals surface area contributed by atoms with E-state index >= 15 is 0 Å². The van der Waals surface area contributed by atoms with Crippen molar-refractivity contribution in [3.63, 3.8) is 0 Å². The van der Waals surface area contributed by atoms with Crippen molar-refractivity contribution in [1.82, 2.24) is 20.8 Å². The van der Waals surface area contributed by atoms with Crippen molar-refractivity contribution in [1.29, 1.82) is 0 Å². The SMILES string of the molecule is CCCCCCCCCCCCSC(=S)SC(C)(CC(CC(CC(C)(C)OC=O)C(=O)NC(C)C)C(=O)ON1C(=O)CCC1=O)C(=O)OC.COC(=O)C(C)(CC(CC(CC(C)(C)OC=O)C(=O)NC(C)C)C(=O)ON1C(=O)CCC1=O)SC. The summed E-state index contributed by atoms with van der Waals surface area (Å²) in [5.74, 6) is -9.55. The largest absolute Gasteiger partial charge is 0.468 e. The van der Waals surface area contributed by atoms with Crippen molar-refractivity contribution in [3.8, 4) is 0 Å². The van der Waals surface area contributed by atoms with Crippen LogP contribution in [-0.4, -0.2) is 145 Å². The van der Waals surface area contributed by atoms with E-state index in [1.165, 1.54) is 77.3 Å². The number of nitrogens with one attached hydrogen (secondary N) is 2. The Balaban J connectivity index is 0.000000888. The minimum Gasteiger partial charge on any atom is -0.468 e. The molecule has 0 aromatic carbocycles. The number of thioether (sulfide) groups is 3. The first-order chi connectivity index (χ1) is 39.3. The van der Waals surface area contributed by atoms with Crippen LogP contribution in [0.2, 0.25) is 0 Å². The van der Waals surface area contributed by atoms with Crippen LogP contribution in [0.4, 0.5) is 0 Å². The highest BCUT2D eigenvalue weighted by Gasteiger charge is 2.47. The number of hydrogen-bond acceptors (Lipinski definition) is 22. The Labute approximate surface area is 514 Å². The number of unbranched alkanes of at least 4 members (excludes halogenated alkanes) is 9. The van der Waals surface area contributed by atoms with E-state index in [1.54, 1.807) is 75.5 Å². The molecule has 0 aliphatic carbocycles. The van der Waals surface area contributed by atoms with Gasteiger partial charge in [0, 0.05) is 49.6 Å². The molecule has 0 aromatic rings. The predicted octanol–water partition coefficient (Wildman–Crippen LogP) is 8.84. The molecule has 2 heterocycles. The van der Waals surface area contributed by atoms with Crippen LogP contribution in [-0.2, 0) is 86.2 Å². The van der Waals surface area contributed by atoms with Crippen LogP contribution in [0.15, 0.2) is 0 Å². The number of thiocarbonyl (C=S) groups is 1. The molecule has 2 rings (SSSR count). The Morgan fingerprint density at radius 3 is 1.24 bits per heavy atom. The van der Waals surface area contributed by atoms with Gasteiger partial charge in [0.05, 0.1) is 26.1 Å². The fourth-order valence-electron chi connectivity index (χ4n) is 9.52. The lowest BCUT2D eigenvalue weighted by atomic mass is 9.81. The summed E-state index contributed by atoms with van der Waals surface area (Å²) in [5, 5.41) is 6.54. The molecule has 478 valence electrons. The number of imide groups is 2. The molecular weight excluding hydrogens is 1170 g/mol. The highest BCUT2D eigenvalue weighted by Crippen LogP contribution is 2.41. The molecule has 2 fully saturated rings. The molecule has 2 aliphatic heterocycles. The van der Waals surface area contributed by atoms with E-state index in [2.05, 4.69) is 17.6 Å². The van der Waals surface area contributed by atoms with Gasteiger partial charge in [0.25, 0.3) is 36.6 Å². The number of esters is 2. The predicted molar refractivity (Wildman–Crippen MR) is 324 cm³/mol. The number of carbonyl (C=O) groups excluding carboxylic acids is 12. The van der Waals surface area contributed by atoms with Crippen molar-refractivity contribution in [2.75, 3.05) is 26.2 Å².